The molecule has 6 heteroatoms. The van der Waals surface area contributed by atoms with Crippen LogP contribution >= 0.6 is 0 Å². The molecule has 0 amide bonds. The minimum Gasteiger partial charge on any atom is -0.455 e. The maximum atomic E-state index is 6.57. The molecule has 0 bridgehead atoms. The molecule has 0 aliphatic rings. The molecule has 10 rings (SSSR count). The van der Waals surface area contributed by atoms with Crippen molar-refractivity contribution in [2.24, 2.45) is 0 Å². The number of rotatable bonds is 3. The van der Waals surface area contributed by atoms with E-state index in [0.29, 0.717) is 11.8 Å². The zero-order valence-electron chi connectivity index (χ0n) is 27.3. The summed E-state index contributed by atoms with van der Waals surface area (Å²) < 4.78 is 11.1. The lowest BCUT2D eigenvalue weighted by atomic mass is 9.95. The van der Waals surface area contributed by atoms with Crippen LogP contribution in [0.15, 0.2) is 138 Å². The Morgan fingerprint density at radius 1 is 0.490 bits per heavy atom. The van der Waals surface area contributed by atoms with Gasteiger partial charge in [0.25, 0.3) is 0 Å². The fraction of sp³-hybridized carbons (Fsp3) is 0.0930. The Morgan fingerprint density at radius 2 is 1.08 bits per heavy atom. The van der Waals surface area contributed by atoms with Gasteiger partial charge in [0.05, 0.1) is 33.1 Å². The van der Waals surface area contributed by atoms with Crippen molar-refractivity contribution in [2.45, 2.75) is 26.2 Å². The fourth-order valence-corrected chi connectivity index (χ4v) is 7.41. The van der Waals surface area contributed by atoms with Crippen LogP contribution in [0.25, 0.3) is 88.6 Å². The summed E-state index contributed by atoms with van der Waals surface area (Å²) in [4.78, 5) is 15.6. The van der Waals surface area contributed by atoms with E-state index < -0.39 is 0 Å². The highest BCUT2D eigenvalue weighted by Crippen LogP contribution is 2.42. The normalized spacial score (nSPS) is 12.4. The van der Waals surface area contributed by atoms with Crippen molar-refractivity contribution < 1.29 is 4.42 Å². The number of para-hydroxylation sites is 5. The first kappa shape index (κ1) is 27.8. The SMILES string of the molecule is CC(C)(C)c1nc(-c2ccccc2-n2c3ccccc3c3c4oc5ccccc5c4ccc32)nc(-n2c3ccccc3c3ccccc32)n1. The van der Waals surface area contributed by atoms with E-state index in [1.54, 1.807) is 0 Å². The van der Waals surface area contributed by atoms with Crippen LogP contribution in [0.5, 0.6) is 0 Å². The quantitative estimate of drug-likeness (QED) is 0.194. The summed E-state index contributed by atoms with van der Waals surface area (Å²) in [6.45, 7) is 6.46. The lowest BCUT2D eigenvalue weighted by molar-refractivity contribution is 0.540. The lowest BCUT2D eigenvalue weighted by Crippen LogP contribution is -2.19. The van der Waals surface area contributed by atoms with Crippen molar-refractivity contribution >= 4 is 65.6 Å². The fourth-order valence-electron chi connectivity index (χ4n) is 7.41. The standard InChI is InChI=1S/C43H31N5O/c1-43(2,3)41-44-40(45-42(46-41)48-32-19-9-4-14-26(32)27-15-5-10-20-33(27)48)31-18-7-12-22-35(31)47-34-21-11-6-17-30(34)38-36(47)25-24-29-28-16-8-13-23-37(28)49-39(29)38/h4-25H,1-3H3. The van der Waals surface area contributed by atoms with Crippen LogP contribution in [0, 0.1) is 0 Å². The molecule has 4 aromatic heterocycles. The molecule has 0 radical (unpaired) electrons. The molecule has 0 fully saturated rings. The van der Waals surface area contributed by atoms with E-state index in [9.17, 15) is 0 Å². The molecule has 0 aliphatic heterocycles. The van der Waals surface area contributed by atoms with Crippen LogP contribution in [0.4, 0.5) is 0 Å². The smallest absolute Gasteiger partial charge is 0.238 e. The predicted molar refractivity (Wildman–Crippen MR) is 200 cm³/mol. The Hall–Kier alpha value is -6.27. The van der Waals surface area contributed by atoms with Gasteiger partial charge in [0.2, 0.25) is 5.95 Å². The molecule has 0 spiro atoms. The van der Waals surface area contributed by atoms with E-state index in [1.807, 2.05) is 12.1 Å². The Kier molecular flexibility index (Phi) is 5.74. The number of benzene rings is 6. The van der Waals surface area contributed by atoms with Gasteiger partial charge >= 0.3 is 0 Å². The van der Waals surface area contributed by atoms with Crippen molar-refractivity contribution in [1.82, 2.24) is 24.1 Å². The van der Waals surface area contributed by atoms with Crippen LogP contribution in [0.1, 0.15) is 26.6 Å². The van der Waals surface area contributed by atoms with Gasteiger partial charge in [0.1, 0.15) is 17.0 Å². The maximum Gasteiger partial charge on any atom is 0.238 e. The third-order valence-corrected chi connectivity index (χ3v) is 9.64. The third-order valence-electron chi connectivity index (χ3n) is 9.64. The summed E-state index contributed by atoms with van der Waals surface area (Å²) in [5.74, 6) is 1.96. The second-order valence-corrected chi connectivity index (χ2v) is 13.7. The highest BCUT2D eigenvalue weighted by Gasteiger charge is 2.25. The molecule has 234 valence electrons. The van der Waals surface area contributed by atoms with Crippen molar-refractivity contribution in [3.63, 3.8) is 0 Å². The molecular formula is C43H31N5O. The number of furan rings is 1. The molecule has 0 aliphatic carbocycles. The Morgan fingerprint density at radius 3 is 1.80 bits per heavy atom. The van der Waals surface area contributed by atoms with Gasteiger partial charge in [0, 0.05) is 37.9 Å². The molecule has 0 atom stereocenters. The summed E-state index contributed by atoms with van der Waals surface area (Å²) in [5, 5.41) is 6.79. The van der Waals surface area contributed by atoms with Crippen molar-refractivity contribution in [1.29, 1.82) is 0 Å². The first-order chi connectivity index (χ1) is 24.0. The molecular weight excluding hydrogens is 603 g/mol. The molecule has 6 nitrogen and oxygen atoms in total. The van der Waals surface area contributed by atoms with Crippen molar-refractivity contribution in [3.8, 4) is 23.0 Å². The number of nitrogens with zero attached hydrogens (tertiary/aromatic N) is 5. The second-order valence-electron chi connectivity index (χ2n) is 13.7. The highest BCUT2D eigenvalue weighted by molar-refractivity contribution is 6.24. The van der Waals surface area contributed by atoms with Crippen LogP contribution in [0.3, 0.4) is 0 Å². The monoisotopic (exact) mass is 633 g/mol. The zero-order chi connectivity index (χ0) is 32.9. The molecule has 0 unspecified atom stereocenters. The number of aromatic nitrogens is 5. The van der Waals surface area contributed by atoms with Gasteiger partial charge in [-0.25, -0.2) is 4.98 Å². The minimum atomic E-state index is -0.320. The lowest BCUT2D eigenvalue weighted by Gasteiger charge is -2.20. The first-order valence-electron chi connectivity index (χ1n) is 16.6. The molecule has 0 saturated carbocycles. The summed E-state index contributed by atoms with van der Waals surface area (Å²) in [6, 6.07) is 46.5. The van der Waals surface area contributed by atoms with Gasteiger partial charge in [0.15, 0.2) is 5.82 Å². The molecule has 0 N–H and O–H groups in total. The molecule has 10 aromatic rings. The van der Waals surface area contributed by atoms with Gasteiger partial charge in [-0.3, -0.25) is 4.57 Å². The number of fused-ring (bicyclic) bond motifs is 10. The van der Waals surface area contributed by atoms with Crippen molar-refractivity contribution in [2.75, 3.05) is 0 Å². The van der Waals surface area contributed by atoms with Crippen molar-refractivity contribution in [3.05, 3.63) is 139 Å². The van der Waals surface area contributed by atoms with Gasteiger partial charge in [-0.05, 0) is 48.5 Å². The van der Waals surface area contributed by atoms with Crippen LogP contribution in [-0.2, 0) is 5.41 Å². The largest absolute Gasteiger partial charge is 0.455 e. The Balaban J connectivity index is 1.28. The number of hydrogen-bond donors (Lipinski definition) is 0. The topological polar surface area (TPSA) is 61.7 Å². The van der Waals surface area contributed by atoms with Gasteiger partial charge in [-0.2, -0.15) is 9.97 Å². The van der Waals surface area contributed by atoms with Crippen LogP contribution in [0.2, 0.25) is 0 Å². The maximum absolute atomic E-state index is 6.57. The van der Waals surface area contributed by atoms with Gasteiger partial charge < -0.3 is 8.98 Å². The molecule has 0 saturated heterocycles. The Bertz CT molecular complexity index is 2880. The van der Waals surface area contributed by atoms with Crippen LogP contribution < -0.4 is 0 Å². The average Bonchev–Trinajstić information content (AvgIpc) is 3.79. The third kappa shape index (κ3) is 4.04. The molecule has 49 heavy (non-hydrogen) atoms. The zero-order valence-corrected chi connectivity index (χ0v) is 27.3. The highest BCUT2D eigenvalue weighted by atomic mass is 16.3. The van der Waals surface area contributed by atoms with E-state index in [0.717, 1.165) is 71.9 Å². The van der Waals surface area contributed by atoms with E-state index in [1.165, 1.54) is 10.8 Å². The van der Waals surface area contributed by atoms with E-state index in [2.05, 4.69) is 151 Å². The predicted octanol–water partition coefficient (Wildman–Crippen LogP) is 10.9. The van der Waals surface area contributed by atoms with Crippen LogP contribution in [-0.4, -0.2) is 24.1 Å². The van der Waals surface area contributed by atoms with E-state index >= 15 is 0 Å². The second kappa shape index (κ2) is 10.1. The average molecular weight is 634 g/mol. The molecule has 6 aromatic carbocycles. The first-order valence-corrected chi connectivity index (χ1v) is 16.6. The van der Waals surface area contributed by atoms with Gasteiger partial charge in [-0.15, -0.1) is 0 Å². The van der Waals surface area contributed by atoms with E-state index in [4.69, 9.17) is 19.4 Å². The summed E-state index contributed by atoms with van der Waals surface area (Å²) in [5.41, 5.74) is 7.65. The van der Waals surface area contributed by atoms with E-state index in [-0.39, 0.29) is 5.41 Å². The summed E-state index contributed by atoms with van der Waals surface area (Å²) in [6.07, 6.45) is 0. The summed E-state index contributed by atoms with van der Waals surface area (Å²) >= 11 is 0. The summed E-state index contributed by atoms with van der Waals surface area (Å²) in [7, 11) is 0. The minimum absolute atomic E-state index is 0.320. The number of hydrogen-bond acceptors (Lipinski definition) is 4. The molecule has 4 heterocycles. The van der Waals surface area contributed by atoms with Gasteiger partial charge in [-0.1, -0.05) is 106 Å². The Labute approximate surface area is 281 Å².